The van der Waals surface area contributed by atoms with Crippen molar-refractivity contribution in [1.82, 2.24) is 20.5 Å². The highest BCUT2D eigenvalue weighted by molar-refractivity contribution is 5.86. The van der Waals surface area contributed by atoms with Crippen molar-refractivity contribution in [3.63, 3.8) is 0 Å². The lowest BCUT2D eigenvalue weighted by Gasteiger charge is -2.16. The molecule has 1 amide bonds. The number of fused-ring (bicyclic) bond motifs is 1. The van der Waals surface area contributed by atoms with Gasteiger partial charge in [0.2, 0.25) is 5.91 Å². The number of aryl methyl sites for hydroxylation is 1. The standard InChI is InChI=1S/C26H33N5O/c1-3-21-9-5-10-23-22(17-29-25(21)23)12-13-28-26(27-2)30-16-19-7-4-8-20(15-19)18-31-14-6-11-24(31)32/h4-5,7-10,15,17,29H,3,6,11-14,16,18H2,1-2H3,(H2,27,28,30). The molecule has 32 heavy (non-hydrogen) atoms. The molecule has 6 heteroatoms. The largest absolute Gasteiger partial charge is 0.361 e. The van der Waals surface area contributed by atoms with Crippen LogP contribution >= 0.6 is 0 Å². The first kappa shape index (κ1) is 21.9. The van der Waals surface area contributed by atoms with Gasteiger partial charge in [-0.25, -0.2) is 0 Å². The molecule has 2 heterocycles. The molecule has 2 aromatic carbocycles. The number of aliphatic imine (C=N–C) groups is 1. The van der Waals surface area contributed by atoms with Crippen molar-refractivity contribution in [1.29, 1.82) is 0 Å². The summed E-state index contributed by atoms with van der Waals surface area (Å²) in [5.41, 5.74) is 6.29. The minimum Gasteiger partial charge on any atom is -0.361 e. The lowest BCUT2D eigenvalue weighted by molar-refractivity contribution is -0.128. The maximum Gasteiger partial charge on any atom is 0.222 e. The van der Waals surface area contributed by atoms with Crippen LogP contribution in [0.25, 0.3) is 10.9 Å². The lowest BCUT2D eigenvalue weighted by Crippen LogP contribution is -2.37. The number of nitrogens with zero attached hydrogens (tertiary/aromatic N) is 2. The molecule has 4 rings (SSSR count). The Morgan fingerprint density at radius 1 is 1.12 bits per heavy atom. The molecule has 1 aliphatic heterocycles. The number of hydrogen-bond donors (Lipinski definition) is 3. The van der Waals surface area contributed by atoms with Crippen LogP contribution in [0.4, 0.5) is 0 Å². The second kappa shape index (κ2) is 10.4. The van der Waals surface area contributed by atoms with Gasteiger partial charge in [0.1, 0.15) is 0 Å². The van der Waals surface area contributed by atoms with Crippen LogP contribution in [-0.4, -0.2) is 41.9 Å². The van der Waals surface area contributed by atoms with E-state index in [1.54, 1.807) is 7.05 Å². The van der Waals surface area contributed by atoms with Gasteiger partial charge in [-0.3, -0.25) is 9.79 Å². The van der Waals surface area contributed by atoms with Crippen LogP contribution in [0.3, 0.4) is 0 Å². The van der Waals surface area contributed by atoms with Gasteiger partial charge in [0.15, 0.2) is 5.96 Å². The molecular formula is C26H33N5O. The molecule has 0 aliphatic carbocycles. The van der Waals surface area contributed by atoms with Crippen LogP contribution in [0.15, 0.2) is 53.7 Å². The van der Waals surface area contributed by atoms with Gasteiger partial charge in [0, 0.05) is 56.7 Å². The molecule has 3 N–H and O–H groups in total. The van der Waals surface area contributed by atoms with Gasteiger partial charge in [0.05, 0.1) is 0 Å². The summed E-state index contributed by atoms with van der Waals surface area (Å²) in [4.78, 5) is 21.6. The number of carbonyl (C=O) groups excluding carboxylic acids is 1. The van der Waals surface area contributed by atoms with E-state index in [1.165, 1.54) is 33.2 Å². The van der Waals surface area contributed by atoms with Crippen LogP contribution in [0, 0.1) is 0 Å². The molecule has 3 aromatic rings. The van der Waals surface area contributed by atoms with Crippen molar-refractivity contribution in [3.8, 4) is 0 Å². The molecule has 0 saturated carbocycles. The topological polar surface area (TPSA) is 72.5 Å². The van der Waals surface area contributed by atoms with E-state index in [4.69, 9.17) is 0 Å². The number of benzene rings is 2. The van der Waals surface area contributed by atoms with E-state index in [0.29, 0.717) is 19.5 Å². The average molecular weight is 432 g/mol. The molecule has 1 aliphatic rings. The summed E-state index contributed by atoms with van der Waals surface area (Å²) >= 11 is 0. The third-order valence-electron chi connectivity index (χ3n) is 6.17. The highest BCUT2D eigenvalue weighted by Gasteiger charge is 2.19. The number of aromatic nitrogens is 1. The molecule has 6 nitrogen and oxygen atoms in total. The number of nitrogens with one attached hydrogen (secondary N) is 3. The van der Waals surface area contributed by atoms with Crippen molar-refractivity contribution in [2.75, 3.05) is 20.1 Å². The van der Waals surface area contributed by atoms with Crippen molar-refractivity contribution < 1.29 is 4.79 Å². The molecule has 1 saturated heterocycles. The predicted octanol–water partition coefficient (Wildman–Crippen LogP) is 3.76. The Hall–Kier alpha value is -3.28. The van der Waals surface area contributed by atoms with Gasteiger partial charge in [-0.1, -0.05) is 49.4 Å². The molecule has 1 aromatic heterocycles. The van der Waals surface area contributed by atoms with Gasteiger partial charge < -0.3 is 20.5 Å². The molecule has 0 unspecified atom stereocenters. The summed E-state index contributed by atoms with van der Waals surface area (Å²) in [6, 6.07) is 14.9. The Morgan fingerprint density at radius 2 is 1.97 bits per heavy atom. The molecule has 0 spiro atoms. The summed E-state index contributed by atoms with van der Waals surface area (Å²) in [5.74, 6) is 1.05. The van der Waals surface area contributed by atoms with Crippen molar-refractivity contribution in [3.05, 3.63) is 70.9 Å². The summed E-state index contributed by atoms with van der Waals surface area (Å²) in [6.07, 6.45) is 5.73. The molecular weight excluding hydrogens is 398 g/mol. The molecule has 0 atom stereocenters. The number of guanidine groups is 1. The van der Waals surface area contributed by atoms with Gasteiger partial charge in [0.25, 0.3) is 0 Å². The molecule has 1 fully saturated rings. The second-order valence-electron chi connectivity index (χ2n) is 8.35. The Bertz CT molecular complexity index is 1100. The number of para-hydroxylation sites is 1. The number of likely N-dealkylation sites (tertiary alicyclic amines) is 1. The van der Waals surface area contributed by atoms with Crippen LogP contribution < -0.4 is 10.6 Å². The molecule has 0 bridgehead atoms. The Labute approximate surface area is 190 Å². The zero-order valence-electron chi connectivity index (χ0n) is 19.1. The van der Waals surface area contributed by atoms with Gasteiger partial charge in [-0.05, 0) is 41.5 Å². The quantitative estimate of drug-likeness (QED) is 0.376. The Kier molecular flexibility index (Phi) is 7.10. The zero-order valence-corrected chi connectivity index (χ0v) is 19.1. The van der Waals surface area contributed by atoms with Crippen LogP contribution in [0.2, 0.25) is 0 Å². The fourth-order valence-electron chi connectivity index (χ4n) is 4.43. The summed E-state index contributed by atoms with van der Waals surface area (Å²) < 4.78 is 0. The van der Waals surface area contributed by atoms with E-state index >= 15 is 0 Å². The Morgan fingerprint density at radius 3 is 2.75 bits per heavy atom. The summed E-state index contributed by atoms with van der Waals surface area (Å²) in [7, 11) is 1.80. The maximum atomic E-state index is 11.9. The van der Waals surface area contributed by atoms with Crippen LogP contribution in [0.5, 0.6) is 0 Å². The van der Waals surface area contributed by atoms with E-state index in [-0.39, 0.29) is 5.91 Å². The molecule has 0 radical (unpaired) electrons. The van der Waals surface area contributed by atoms with Gasteiger partial charge >= 0.3 is 0 Å². The highest BCUT2D eigenvalue weighted by atomic mass is 16.2. The van der Waals surface area contributed by atoms with Crippen molar-refractivity contribution in [2.45, 2.75) is 45.7 Å². The Balaban J connectivity index is 1.28. The number of aromatic amines is 1. The fourth-order valence-corrected chi connectivity index (χ4v) is 4.43. The average Bonchev–Trinajstić information content (AvgIpc) is 3.42. The van der Waals surface area contributed by atoms with E-state index in [9.17, 15) is 4.79 Å². The zero-order chi connectivity index (χ0) is 22.3. The van der Waals surface area contributed by atoms with Gasteiger partial charge in [-0.2, -0.15) is 0 Å². The normalized spacial score (nSPS) is 14.4. The first-order valence-electron chi connectivity index (χ1n) is 11.6. The second-order valence-corrected chi connectivity index (χ2v) is 8.35. The predicted molar refractivity (Wildman–Crippen MR) is 131 cm³/mol. The fraction of sp³-hybridized carbons (Fsp3) is 0.385. The van der Waals surface area contributed by atoms with E-state index in [1.807, 2.05) is 4.90 Å². The summed E-state index contributed by atoms with van der Waals surface area (Å²) in [6.45, 7) is 5.25. The SMILES string of the molecule is CCc1cccc2c(CCNC(=NC)NCc3cccc(CN4CCCC4=O)c3)c[nH]c12. The van der Waals surface area contributed by atoms with Crippen LogP contribution in [-0.2, 0) is 30.7 Å². The minimum atomic E-state index is 0.263. The lowest BCUT2D eigenvalue weighted by atomic mass is 10.1. The monoisotopic (exact) mass is 431 g/mol. The first-order chi connectivity index (χ1) is 15.7. The third-order valence-corrected chi connectivity index (χ3v) is 6.17. The van der Waals surface area contributed by atoms with Gasteiger partial charge in [-0.15, -0.1) is 0 Å². The number of hydrogen-bond acceptors (Lipinski definition) is 2. The van der Waals surface area contributed by atoms with E-state index in [0.717, 1.165) is 38.3 Å². The van der Waals surface area contributed by atoms with Crippen LogP contribution in [0.1, 0.15) is 42.0 Å². The maximum absolute atomic E-state index is 11.9. The third kappa shape index (κ3) is 5.13. The smallest absolute Gasteiger partial charge is 0.222 e. The first-order valence-corrected chi connectivity index (χ1v) is 11.6. The van der Waals surface area contributed by atoms with Crippen molar-refractivity contribution in [2.24, 2.45) is 4.99 Å². The minimum absolute atomic E-state index is 0.263. The van der Waals surface area contributed by atoms with E-state index < -0.39 is 0 Å². The highest BCUT2D eigenvalue weighted by Crippen LogP contribution is 2.22. The number of amides is 1. The van der Waals surface area contributed by atoms with Crippen molar-refractivity contribution >= 4 is 22.8 Å². The van der Waals surface area contributed by atoms with E-state index in [2.05, 4.69) is 76.2 Å². The number of H-pyrrole nitrogens is 1. The number of rotatable bonds is 8. The molecule has 168 valence electrons. The number of carbonyl (C=O) groups is 1. The summed E-state index contributed by atoms with van der Waals surface area (Å²) in [5, 5.41) is 8.13.